The van der Waals surface area contributed by atoms with E-state index >= 15 is 0 Å². The summed E-state index contributed by atoms with van der Waals surface area (Å²) in [6, 6.07) is 23.6. The van der Waals surface area contributed by atoms with E-state index in [0.717, 1.165) is 71.4 Å². The normalized spacial score (nSPS) is 22.2. The second-order valence-corrected chi connectivity index (χ2v) is 16.8. The van der Waals surface area contributed by atoms with Crippen LogP contribution in [0, 0.1) is 0 Å². The van der Waals surface area contributed by atoms with Crippen molar-refractivity contribution in [3.05, 3.63) is 101 Å². The average molecular weight is 715 g/mol. The molecule has 2 aliphatic heterocycles. The van der Waals surface area contributed by atoms with Crippen LogP contribution in [-0.2, 0) is 9.47 Å². The first-order valence-corrected chi connectivity index (χ1v) is 19.1. The molecule has 0 bridgehead atoms. The highest BCUT2D eigenvalue weighted by Crippen LogP contribution is 2.51. The number of allylic oxidation sites excluding steroid dienone is 2. The zero-order valence-corrected chi connectivity index (χ0v) is 31.6. The van der Waals surface area contributed by atoms with E-state index in [1.807, 2.05) is 51.3 Å². The summed E-state index contributed by atoms with van der Waals surface area (Å²) >= 11 is 0. The maximum Gasteiger partial charge on any atom is 0.410 e. The molecule has 0 radical (unpaired) electrons. The van der Waals surface area contributed by atoms with E-state index in [1.54, 1.807) is 0 Å². The molecule has 2 aromatic heterocycles. The molecule has 276 valence electrons. The van der Waals surface area contributed by atoms with Gasteiger partial charge < -0.3 is 19.4 Å². The third kappa shape index (κ3) is 7.03. The largest absolute Gasteiger partial charge is 0.444 e. The van der Waals surface area contributed by atoms with Gasteiger partial charge in [0.2, 0.25) is 0 Å². The number of benzene rings is 3. The minimum absolute atomic E-state index is 0.135. The molecule has 3 aromatic carbocycles. The summed E-state index contributed by atoms with van der Waals surface area (Å²) in [6.45, 7) is 12.7. The SMILES string of the molecule is CC(C)(C)OC(=O)N1CCCC1c1nc2ccc(C3=CCC(c4ccc5nc(C6CCCN6C(=O)OC(C)(C)C)[nH]c5c4)C3c3ccccc3)cc2[nH]1. The average Bonchev–Trinajstić information content (AvgIpc) is 3.94. The van der Waals surface area contributed by atoms with Crippen molar-refractivity contribution in [3.63, 3.8) is 0 Å². The van der Waals surface area contributed by atoms with Gasteiger partial charge >= 0.3 is 12.2 Å². The summed E-state index contributed by atoms with van der Waals surface area (Å²) in [5.74, 6) is 1.98. The predicted molar refractivity (Wildman–Crippen MR) is 207 cm³/mol. The van der Waals surface area contributed by atoms with Crippen molar-refractivity contribution in [2.45, 2.75) is 109 Å². The lowest BCUT2D eigenvalue weighted by Gasteiger charge is -2.27. The fourth-order valence-electron chi connectivity index (χ4n) is 8.41. The van der Waals surface area contributed by atoms with E-state index < -0.39 is 11.2 Å². The molecule has 3 aliphatic rings. The monoisotopic (exact) mass is 714 g/mol. The van der Waals surface area contributed by atoms with Crippen molar-refractivity contribution in [1.82, 2.24) is 29.7 Å². The molecule has 4 unspecified atom stereocenters. The van der Waals surface area contributed by atoms with Gasteiger partial charge in [-0.2, -0.15) is 0 Å². The van der Waals surface area contributed by atoms with Crippen molar-refractivity contribution in [2.75, 3.05) is 13.1 Å². The van der Waals surface area contributed by atoms with Crippen molar-refractivity contribution in [1.29, 1.82) is 0 Å². The van der Waals surface area contributed by atoms with Crippen LogP contribution in [0.1, 0.15) is 126 Å². The number of hydrogen-bond acceptors (Lipinski definition) is 6. The Kier molecular flexibility index (Phi) is 8.82. The number of hydrogen-bond donors (Lipinski definition) is 2. The van der Waals surface area contributed by atoms with Gasteiger partial charge in [0.1, 0.15) is 22.9 Å². The first kappa shape index (κ1) is 34.9. The van der Waals surface area contributed by atoms with Crippen LogP contribution in [0.5, 0.6) is 0 Å². The molecule has 10 nitrogen and oxygen atoms in total. The lowest BCUT2D eigenvalue weighted by atomic mass is 9.79. The number of carbonyl (C=O) groups excluding carboxylic acids is 2. The van der Waals surface area contributed by atoms with E-state index in [4.69, 9.17) is 19.4 Å². The molecule has 4 heterocycles. The fourth-order valence-corrected chi connectivity index (χ4v) is 8.41. The minimum Gasteiger partial charge on any atom is -0.444 e. The third-order valence-electron chi connectivity index (χ3n) is 10.7. The van der Waals surface area contributed by atoms with Crippen LogP contribution in [0.3, 0.4) is 0 Å². The number of aromatic nitrogens is 4. The highest BCUT2D eigenvalue weighted by atomic mass is 16.6. The molecule has 0 spiro atoms. The molecule has 4 atom stereocenters. The number of amides is 2. The zero-order chi connectivity index (χ0) is 37.1. The molecule has 10 heteroatoms. The van der Waals surface area contributed by atoms with Gasteiger partial charge in [0.15, 0.2) is 0 Å². The standard InChI is InChI=1S/C43H50N6O4/c1-42(2,3)52-40(50)48-22-10-14-35(48)38-44-31-20-16-27(24-33(31)46-38)29-18-19-30(37(29)26-12-8-7-9-13-26)28-17-21-32-34(25-28)47-39(45-32)36-15-11-23-49(36)41(51)53-43(4,5)6/h7-9,12-13,16-18,20-21,24-25,30,35-37H,10-11,14-15,19,22-23H2,1-6H3,(H,44,46)(H,45,47). The number of rotatable bonds is 5. The summed E-state index contributed by atoms with van der Waals surface area (Å²) in [5.41, 5.74) is 7.59. The molecule has 2 saturated heterocycles. The fraction of sp³-hybridized carbons (Fsp3) is 0.442. The van der Waals surface area contributed by atoms with E-state index in [9.17, 15) is 9.59 Å². The molecule has 5 aromatic rings. The molecule has 8 rings (SSSR count). The lowest BCUT2D eigenvalue weighted by molar-refractivity contribution is 0.0208. The van der Waals surface area contributed by atoms with Crippen molar-refractivity contribution < 1.29 is 19.1 Å². The van der Waals surface area contributed by atoms with Gasteiger partial charge in [0.05, 0.1) is 34.2 Å². The highest BCUT2D eigenvalue weighted by Gasteiger charge is 2.38. The van der Waals surface area contributed by atoms with E-state index in [-0.39, 0.29) is 36.1 Å². The number of ether oxygens (including phenoxy) is 2. The predicted octanol–water partition coefficient (Wildman–Crippen LogP) is 9.94. The quantitative estimate of drug-likeness (QED) is 0.187. The summed E-state index contributed by atoms with van der Waals surface area (Å²) in [5, 5.41) is 0. The molecular weight excluding hydrogens is 665 g/mol. The Balaban J connectivity index is 1.07. The number of carbonyl (C=O) groups is 2. The second-order valence-electron chi connectivity index (χ2n) is 16.8. The molecule has 53 heavy (non-hydrogen) atoms. The van der Waals surface area contributed by atoms with Gasteiger partial charge in [-0.05, 0) is 126 Å². The minimum atomic E-state index is -0.553. The Morgan fingerprint density at radius 2 is 1.25 bits per heavy atom. The van der Waals surface area contributed by atoms with Crippen molar-refractivity contribution >= 4 is 39.8 Å². The number of H-pyrrole nitrogens is 2. The molecule has 2 N–H and O–H groups in total. The zero-order valence-electron chi connectivity index (χ0n) is 31.6. The second kappa shape index (κ2) is 13.4. The van der Waals surface area contributed by atoms with Gasteiger partial charge in [-0.15, -0.1) is 0 Å². The summed E-state index contributed by atoms with van der Waals surface area (Å²) in [6.07, 6.45) is 6.23. The van der Waals surface area contributed by atoms with Gasteiger partial charge in [-0.3, -0.25) is 9.80 Å². The number of imidazole rings is 2. The van der Waals surface area contributed by atoms with Crippen LogP contribution in [0.2, 0.25) is 0 Å². The summed E-state index contributed by atoms with van der Waals surface area (Å²) in [7, 11) is 0. The Labute approximate surface area is 311 Å². The summed E-state index contributed by atoms with van der Waals surface area (Å²) < 4.78 is 11.4. The van der Waals surface area contributed by atoms with Crippen LogP contribution in [-0.4, -0.2) is 66.2 Å². The van der Waals surface area contributed by atoms with Crippen LogP contribution in [0.25, 0.3) is 27.6 Å². The van der Waals surface area contributed by atoms with Gasteiger partial charge in [0.25, 0.3) is 0 Å². The van der Waals surface area contributed by atoms with Gasteiger partial charge in [0, 0.05) is 19.0 Å². The third-order valence-corrected chi connectivity index (χ3v) is 10.7. The number of likely N-dealkylation sites (tertiary alicyclic amines) is 2. The van der Waals surface area contributed by atoms with Crippen molar-refractivity contribution in [3.8, 4) is 0 Å². The number of nitrogens with one attached hydrogen (secondary N) is 2. The van der Waals surface area contributed by atoms with E-state index in [0.29, 0.717) is 13.1 Å². The molecule has 0 saturated carbocycles. The van der Waals surface area contributed by atoms with Crippen LogP contribution >= 0.6 is 0 Å². The topological polar surface area (TPSA) is 116 Å². The Hall–Kier alpha value is -5.12. The number of nitrogens with zero attached hydrogens (tertiary/aromatic N) is 4. The Morgan fingerprint density at radius 1 is 0.698 bits per heavy atom. The smallest absolute Gasteiger partial charge is 0.410 e. The van der Waals surface area contributed by atoms with Crippen LogP contribution in [0.4, 0.5) is 9.59 Å². The lowest BCUT2D eigenvalue weighted by Crippen LogP contribution is -2.36. The van der Waals surface area contributed by atoms with E-state index in [1.165, 1.54) is 16.7 Å². The first-order chi connectivity index (χ1) is 25.3. The maximum absolute atomic E-state index is 13.1. The van der Waals surface area contributed by atoms with Crippen LogP contribution < -0.4 is 0 Å². The molecule has 2 fully saturated rings. The van der Waals surface area contributed by atoms with Gasteiger partial charge in [-0.1, -0.05) is 48.5 Å². The number of aromatic amines is 2. The molecule has 1 aliphatic carbocycles. The number of fused-ring (bicyclic) bond motifs is 2. The maximum atomic E-state index is 13.1. The molecule has 2 amide bonds. The van der Waals surface area contributed by atoms with E-state index in [2.05, 4.69) is 82.8 Å². The van der Waals surface area contributed by atoms with Gasteiger partial charge in [-0.25, -0.2) is 19.6 Å². The Morgan fingerprint density at radius 3 is 1.81 bits per heavy atom. The highest BCUT2D eigenvalue weighted by molar-refractivity contribution is 5.85. The van der Waals surface area contributed by atoms with Crippen molar-refractivity contribution in [2.24, 2.45) is 0 Å². The first-order valence-electron chi connectivity index (χ1n) is 19.1. The summed E-state index contributed by atoms with van der Waals surface area (Å²) in [4.78, 5) is 46.8. The van der Waals surface area contributed by atoms with Crippen LogP contribution in [0.15, 0.2) is 72.8 Å². The Bertz CT molecular complexity index is 2190. The molecular formula is C43H50N6O4.